The fourth-order valence-corrected chi connectivity index (χ4v) is 2.98. The minimum absolute atomic E-state index is 0.0708. The van der Waals surface area contributed by atoms with Crippen LogP contribution in [-0.2, 0) is 0 Å². The number of anilines is 2. The van der Waals surface area contributed by atoms with Gasteiger partial charge in [-0.25, -0.2) is 0 Å². The zero-order valence-electron chi connectivity index (χ0n) is 13.6. The molecule has 0 atom stereocenters. The lowest BCUT2D eigenvalue weighted by Crippen LogP contribution is -3.14. The van der Waals surface area contributed by atoms with Crippen LogP contribution in [0.25, 0.3) is 0 Å². The lowest BCUT2D eigenvalue weighted by molar-refractivity contribution is -0.898. The SMILES string of the molecule is CC[NH+]1CCN(c2ccc(NC(=O)c3ccccc3)cc2)CC1. The van der Waals surface area contributed by atoms with Crippen LogP contribution in [0.4, 0.5) is 11.4 Å². The maximum Gasteiger partial charge on any atom is 0.255 e. The van der Waals surface area contributed by atoms with Gasteiger partial charge in [-0.05, 0) is 43.3 Å². The van der Waals surface area contributed by atoms with E-state index in [0.717, 1.165) is 18.8 Å². The highest BCUT2D eigenvalue weighted by Crippen LogP contribution is 2.18. The number of likely N-dealkylation sites (N-methyl/N-ethyl adjacent to an activating group) is 1. The fraction of sp³-hybridized carbons (Fsp3) is 0.316. The zero-order chi connectivity index (χ0) is 16.1. The van der Waals surface area contributed by atoms with E-state index in [0.29, 0.717) is 5.56 Å². The van der Waals surface area contributed by atoms with E-state index in [1.165, 1.54) is 25.3 Å². The highest BCUT2D eigenvalue weighted by molar-refractivity contribution is 6.04. The van der Waals surface area contributed by atoms with Gasteiger partial charge in [0, 0.05) is 16.9 Å². The quantitative estimate of drug-likeness (QED) is 0.901. The Kier molecular flexibility index (Phi) is 4.93. The van der Waals surface area contributed by atoms with Crippen molar-refractivity contribution in [3.63, 3.8) is 0 Å². The zero-order valence-corrected chi connectivity index (χ0v) is 13.6. The molecule has 0 radical (unpaired) electrons. The van der Waals surface area contributed by atoms with Crippen molar-refractivity contribution in [2.45, 2.75) is 6.92 Å². The van der Waals surface area contributed by atoms with Crippen LogP contribution >= 0.6 is 0 Å². The number of benzene rings is 2. The number of hydrogen-bond acceptors (Lipinski definition) is 2. The Morgan fingerprint density at radius 2 is 1.70 bits per heavy atom. The average molecular weight is 310 g/mol. The van der Waals surface area contributed by atoms with Crippen LogP contribution in [0.1, 0.15) is 17.3 Å². The van der Waals surface area contributed by atoms with Crippen molar-refractivity contribution in [1.29, 1.82) is 0 Å². The molecule has 2 aromatic carbocycles. The van der Waals surface area contributed by atoms with Gasteiger partial charge in [0.15, 0.2) is 0 Å². The molecular weight excluding hydrogens is 286 g/mol. The molecule has 1 heterocycles. The van der Waals surface area contributed by atoms with Crippen molar-refractivity contribution in [3.05, 3.63) is 60.2 Å². The van der Waals surface area contributed by atoms with E-state index < -0.39 is 0 Å². The molecule has 4 heteroatoms. The number of rotatable bonds is 4. The first kappa shape index (κ1) is 15.6. The van der Waals surface area contributed by atoms with E-state index in [1.54, 1.807) is 4.90 Å². The van der Waals surface area contributed by atoms with E-state index in [-0.39, 0.29) is 5.91 Å². The summed E-state index contributed by atoms with van der Waals surface area (Å²) in [5.41, 5.74) is 2.74. The number of piperazine rings is 1. The van der Waals surface area contributed by atoms with Crippen LogP contribution in [0.5, 0.6) is 0 Å². The summed E-state index contributed by atoms with van der Waals surface area (Å²) in [5, 5.41) is 2.94. The summed E-state index contributed by atoms with van der Waals surface area (Å²) in [6.45, 7) is 8.04. The third-order valence-corrected chi connectivity index (χ3v) is 4.50. The minimum Gasteiger partial charge on any atom is -0.360 e. The van der Waals surface area contributed by atoms with Gasteiger partial charge in [0.1, 0.15) is 0 Å². The molecule has 0 bridgehead atoms. The third-order valence-electron chi connectivity index (χ3n) is 4.50. The lowest BCUT2D eigenvalue weighted by atomic mass is 10.2. The van der Waals surface area contributed by atoms with Crippen LogP contribution < -0.4 is 15.1 Å². The molecule has 1 aliphatic heterocycles. The average Bonchev–Trinajstić information content (AvgIpc) is 2.63. The second-order valence-electron chi connectivity index (χ2n) is 5.96. The summed E-state index contributed by atoms with van der Waals surface area (Å²) >= 11 is 0. The van der Waals surface area contributed by atoms with Crippen LogP contribution in [0, 0.1) is 0 Å². The van der Waals surface area contributed by atoms with E-state index >= 15 is 0 Å². The first-order chi connectivity index (χ1) is 11.3. The van der Waals surface area contributed by atoms with Crippen molar-refractivity contribution >= 4 is 17.3 Å². The summed E-state index contributed by atoms with van der Waals surface area (Å²) < 4.78 is 0. The number of hydrogen-bond donors (Lipinski definition) is 2. The Morgan fingerprint density at radius 3 is 2.30 bits per heavy atom. The van der Waals surface area contributed by atoms with Crippen LogP contribution in [0.15, 0.2) is 54.6 Å². The Bertz CT molecular complexity index is 631. The van der Waals surface area contributed by atoms with E-state index in [4.69, 9.17) is 0 Å². The minimum atomic E-state index is -0.0708. The number of quaternary nitrogens is 1. The Balaban J connectivity index is 1.60. The monoisotopic (exact) mass is 310 g/mol. The molecule has 23 heavy (non-hydrogen) atoms. The predicted octanol–water partition coefficient (Wildman–Crippen LogP) is 1.66. The van der Waals surface area contributed by atoms with Gasteiger partial charge in [-0.1, -0.05) is 18.2 Å². The van der Waals surface area contributed by atoms with E-state index in [9.17, 15) is 4.79 Å². The van der Waals surface area contributed by atoms with Crippen molar-refractivity contribution < 1.29 is 9.69 Å². The maximum atomic E-state index is 12.1. The second kappa shape index (κ2) is 7.29. The number of nitrogens with one attached hydrogen (secondary N) is 2. The maximum absolute atomic E-state index is 12.1. The van der Waals surface area contributed by atoms with Gasteiger partial charge in [-0.3, -0.25) is 4.79 Å². The van der Waals surface area contributed by atoms with Crippen LogP contribution in [-0.4, -0.2) is 38.6 Å². The standard InChI is InChI=1S/C19H23N3O/c1-2-21-12-14-22(15-13-21)18-10-8-17(9-11-18)20-19(23)16-6-4-3-5-7-16/h3-11H,2,12-15H2,1H3,(H,20,23)/p+1. The Hall–Kier alpha value is -2.33. The summed E-state index contributed by atoms with van der Waals surface area (Å²) in [5.74, 6) is -0.0708. The van der Waals surface area contributed by atoms with Gasteiger partial charge < -0.3 is 15.1 Å². The normalized spacial score (nSPS) is 15.4. The number of carbonyl (C=O) groups excluding carboxylic acids is 1. The number of carbonyl (C=O) groups is 1. The molecule has 1 fully saturated rings. The van der Waals surface area contributed by atoms with Crippen molar-refractivity contribution in [1.82, 2.24) is 0 Å². The lowest BCUT2D eigenvalue weighted by Gasteiger charge is -2.33. The molecule has 0 spiro atoms. The van der Waals surface area contributed by atoms with E-state index in [1.807, 2.05) is 42.5 Å². The fourth-order valence-electron chi connectivity index (χ4n) is 2.98. The number of amides is 1. The summed E-state index contributed by atoms with van der Waals surface area (Å²) in [7, 11) is 0. The molecule has 3 rings (SSSR count). The molecule has 120 valence electrons. The molecule has 1 amide bonds. The summed E-state index contributed by atoms with van der Waals surface area (Å²) in [4.78, 5) is 16.2. The van der Waals surface area contributed by atoms with Gasteiger partial charge in [0.25, 0.3) is 5.91 Å². The highest BCUT2D eigenvalue weighted by atomic mass is 16.1. The van der Waals surface area contributed by atoms with Gasteiger partial charge in [-0.15, -0.1) is 0 Å². The Labute approximate surface area is 137 Å². The molecule has 0 aliphatic carbocycles. The summed E-state index contributed by atoms with van der Waals surface area (Å²) in [6.07, 6.45) is 0. The molecule has 0 unspecified atom stereocenters. The molecule has 1 aliphatic rings. The molecule has 1 saturated heterocycles. The molecular formula is C19H24N3O+. The van der Waals surface area contributed by atoms with Crippen molar-refractivity contribution in [3.8, 4) is 0 Å². The molecule has 2 aromatic rings. The first-order valence-corrected chi connectivity index (χ1v) is 8.31. The van der Waals surface area contributed by atoms with Gasteiger partial charge in [0.05, 0.1) is 32.7 Å². The van der Waals surface area contributed by atoms with Gasteiger partial charge >= 0.3 is 0 Å². The Morgan fingerprint density at radius 1 is 1.04 bits per heavy atom. The smallest absolute Gasteiger partial charge is 0.255 e. The molecule has 0 saturated carbocycles. The predicted molar refractivity (Wildman–Crippen MR) is 94.3 cm³/mol. The largest absolute Gasteiger partial charge is 0.360 e. The van der Waals surface area contributed by atoms with Crippen molar-refractivity contribution in [2.24, 2.45) is 0 Å². The second-order valence-corrected chi connectivity index (χ2v) is 5.96. The topological polar surface area (TPSA) is 36.8 Å². The summed E-state index contributed by atoms with van der Waals surface area (Å²) in [6, 6.07) is 17.4. The van der Waals surface area contributed by atoms with Gasteiger partial charge in [-0.2, -0.15) is 0 Å². The van der Waals surface area contributed by atoms with Crippen molar-refractivity contribution in [2.75, 3.05) is 42.9 Å². The molecule has 2 N–H and O–H groups in total. The van der Waals surface area contributed by atoms with E-state index in [2.05, 4.69) is 29.3 Å². The first-order valence-electron chi connectivity index (χ1n) is 8.31. The highest BCUT2D eigenvalue weighted by Gasteiger charge is 2.18. The molecule has 0 aromatic heterocycles. The third kappa shape index (κ3) is 3.90. The van der Waals surface area contributed by atoms with Gasteiger partial charge in [0.2, 0.25) is 0 Å². The van der Waals surface area contributed by atoms with Crippen LogP contribution in [0.2, 0.25) is 0 Å². The van der Waals surface area contributed by atoms with Crippen LogP contribution in [0.3, 0.4) is 0 Å². The molecule has 4 nitrogen and oxygen atoms in total. The number of nitrogens with zero attached hydrogens (tertiary/aromatic N) is 1.